The molecule has 1 saturated carbocycles. The van der Waals surface area contributed by atoms with E-state index in [9.17, 15) is 18.0 Å². The number of carbonyl (C=O) groups is 1. The number of nitriles is 1. The van der Waals surface area contributed by atoms with Gasteiger partial charge < -0.3 is 20.5 Å². The number of amides is 1. The molecule has 2 saturated heterocycles. The lowest BCUT2D eigenvalue weighted by molar-refractivity contribution is -0.138. The monoisotopic (exact) mass is 541 g/mol. The molecule has 5 rings (SSSR count). The molecule has 2 aliphatic heterocycles. The van der Waals surface area contributed by atoms with E-state index in [2.05, 4.69) is 22.2 Å². The van der Waals surface area contributed by atoms with Crippen LogP contribution in [0.25, 0.3) is 0 Å². The van der Waals surface area contributed by atoms with Crippen LogP contribution in [0, 0.1) is 16.7 Å². The number of piperidine rings is 1. The van der Waals surface area contributed by atoms with Crippen molar-refractivity contribution in [1.29, 1.82) is 10.7 Å². The Balaban J connectivity index is 1.41. The van der Waals surface area contributed by atoms with Crippen molar-refractivity contribution >= 4 is 34.6 Å². The van der Waals surface area contributed by atoms with Crippen molar-refractivity contribution in [2.45, 2.75) is 49.9 Å². The number of anilines is 1. The number of hydrogen-bond acceptors (Lipinski definition) is 7. The summed E-state index contributed by atoms with van der Waals surface area (Å²) < 4.78 is 40.7. The van der Waals surface area contributed by atoms with E-state index in [1.165, 1.54) is 6.07 Å². The molecule has 2 N–H and O–H groups in total. The maximum atomic E-state index is 13.6. The van der Waals surface area contributed by atoms with E-state index in [-0.39, 0.29) is 16.5 Å². The Morgan fingerprint density at radius 1 is 1.29 bits per heavy atom. The zero-order valence-electron chi connectivity index (χ0n) is 20.7. The number of hydrogen-bond donors (Lipinski definition) is 2. The maximum Gasteiger partial charge on any atom is 0.419 e. The zero-order chi connectivity index (χ0) is 27.2. The van der Waals surface area contributed by atoms with Crippen LogP contribution >= 0.6 is 12.2 Å². The molecule has 0 aromatic carbocycles. The van der Waals surface area contributed by atoms with Gasteiger partial charge in [0.15, 0.2) is 10.8 Å². The molecule has 198 valence electrons. The predicted octanol–water partition coefficient (Wildman–Crippen LogP) is 3.87. The van der Waals surface area contributed by atoms with Crippen LogP contribution < -0.4 is 10.2 Å². The Bertz CT molecular complexity index is 1330. The fraction of sp³-hybridized carbons (Fsp3) is 0.423. The summed E-state index contributed by atoms with van der Waals surface area (Å²) in [6.45, 7) is 2.02. The van der Waals surface area contributed by atoms with Crippen LogP contribution in [-0.4, -0.2) is 63.2 Å². The Morgan fingerprint density at radius 2 is 2.00 bits per heavy atom. The third kappa shape index (κ3) is 4.39. The van der Waals surface area contributed by atoms with Crippen molar-refractivity contribution in [3.8, 4) is 6.07 Å². The minimum absolute atomic E-state index is 0.0231. The lowest BCUT2D eigenvalue weighted by atomic mass is 9.75. The first-order valence-corrected chi connectivity index (χ1v) is 12.8. The maximum absolute atomic E-state index is 13.6. The number of nitrogens with zero attached hydrogens (tertiary/aromatic N) is 5. The van der Waals surface area contributed by atoms with Gasteiger partial charge in [-0.1, -0.05) is 0 Å². The number of thiocarbonyl (C=S) groups is 1. The molecule has 3 fully saturated rings. The summed E-state index contributed by atoms with van der Waals surface area (Å²) in [5, 5.41) is 21.1. The highest BCUT2D eigenvalue weighted by atomic mass is 32.1. The summed E-state index contributed by atoms with van der Waals surface area (Å²) in [6.07, 6.45) is 7.03. The van der Waals surface area contributed by atoms with Crippen LogP contribution in [0.3, 0.4) is 0 Å². The van der Waals surface area contributed by atoms with E-state index in [1.54, 1.807) is 23.1 Å². The molecule has 12 heteroatoms. The van der Waals surface area contributed by atoms with Crippen molar-refractivity contribution in [1.82, 2.24) is 20.1 Å². The Hall–Kier alpha value is -3.56. The highest BCUT2D eigenvalue weighted by Crippen LogP contribution is 2.48. The standard InChI is InChI=1S/C26H26F3N7OS/c1-34-9-5-17(6-10-34)32-14-16-3-4-18(12-21(16)31)36-24(38)35(23(37)25(36)7-2-8-25)19-11-20(26(27,28)29)22(13-30)33-15-19/h3-4,11-12,14-15,17,31-32H,2,5-10H2,1H3/b16-14-,31-21?. The van der Waals surface area contributed by atoms with Crippen molar-refractivity contribution in [2.24, 2.45) is 0 Å². The fourth-order valence-electron chi connectivity index (χ4n) is 5.28. The molecule has 3 heterocycles. The number of rotatable bonds is 4. The average Bonchev–Trinajstić information content (AvgIpc) is 3.10. The predicted molar refractivity (Wildman–Crippen MR) is 139 cm³/mol. The van der Waals surface area contributed by atoms with Gasteiger partial charge >= 0.3 is 6.18 Å². The summed E-state index contributed by atoms with van der Waals surface area (Å²) in [5.41, 5.74) is -1.69. The Labute approximate surface area is 223 Å². The third-order valence-corrected chi connectivity index (χ3v) is 7.99. The van der Waals surface area contributed by atoms with Gasteiger partial charge in [-0.15, -0.1) is 0 Å². The molecule has 4 aliphatic rings. The number of aromatic nitrogens is 1. The summed E-state index contributed by atoms with van der Waals surface area (Å²) in [4.78, 5) is 22.3. The first-order chi connectivity index (χ1) is 18.0. The van der Waals surface area contributed by atoms with Gasteiger partial charge in [-0.2, -0.15) is 18.4 Å². The number of nitrogens with one attached hydrogen (secondary N) is 2. The van der Waals surface area contributed by atoms with Crippen LogP contribution in [0.15, 0.2) is 48.0 Å². The van der Waals surface area contributed by atoms with Gasteiger partial charge in [-0.3, -0.25) is 9.69 Å². The minimum atomic E-state index is -4.82. The number of halogens is 3. The molecule has 0 unspecified atom stereocenters. The van der Waals surface area contributed by atoms with Crippen molar-refractivity contribution in [3.63, 3.8) is 0 Å². The molecular weight excluding hydrogens is 515 g/mol. The quantitative estimate of drug-likeness (QED) is 0.559. The lowest BCUT2D eigenvalue weighted by Crippen LogP contribution is -2.54. The fourth-order valence-corrected chi connectivity index (χ4v) is 5.75. The smallest absolute Gasteiger partial charge is 0.388 e. The number of allylic oxidation sites excluding steroid dienone is 4. The van der Waals surface area contributed by atoms with E-state index in [1.807, 2.05) is 6.20 Å². The van der Waals surface area contributed by atoms with Crippen LogP contribution in [0.5, 0.6) is 0 Å². The molecule has 1 aromatic heterocycles. The average molecular weight is 542 g/mol. The first kappa shape index (κ1) is 26.1. The molecule has 38 heavy (non-hydrogen) atoms. The van der Waals surface area contributed by atoms with Gasteiger partial charge in [0.25, 0.3) is 5.91 Å². The van der Waals surface area contributed by atoms with E-state index in [4.69, 9.17) is 22.9 Å². The topological polar surface area (TPSA) is 99.3 Å². The van der Waals surface area contributed by atoms with Gasteiger partial charge in [-0.25, -0.2) is 4.98 Å². The van der Waals surface area contributed by atoms with Crippen molar-refractivity contribution < 1.29 is 18.0 Å². The van der Waals surface area contributed by atoms with Crippen LogP contribution in [0.2, 0.25) is 0 Å². The van der Waals surface area contributed by atoms with Gasteiger partial charge in [-0.05, 0) is 88.8 Å². The number of pyridine rings is 1. The molecule has 0 atom stereocenters. The summed E-state index contributed by atoms with van der Waals surface area (Å²) in [7, 11) is 2.09. The van der Waals surface area contributed by atoms with Gasteiger partial charge in [0.05, 0.1) is 23.2 Å². The SMILES string of the molecule is CN1CCC(N/C=C2/C=CC(N3C(=S)N(c4cnc(C#N)c(C(F)(F)F)c4)C(=O)C34CCC4)=CC2=N)CC1. The van der Waals surface area contributed by atoms with Gasteiger partial charge in [0, 0.05) is 23.5 Å². The third-order valence-electron chi connectivity index (χ3n) is 7.62. The normalized spacial score (nSPS) is 23.2. The van der Waals surface area contributed by atoms with E-state index >= 15 is 0 Å². The largest absolute Gasteiger partial charge is 0.419 e. The number of likely N-dealkylation sites (tertiary alicyclic amines) is 1. The highest BCUT2D eigenvalue weighted by molar-refractivity contribution is 7.80. The zero-order valence-corrected chi connectivity index (χ0v) is 21.5. The number of alkyl halides is 3. The molecule has 2 aliphatic carbocycles. The summed E-state index contributed by atoms with van der Waals surface area (Å²) in [6, 6.07) is 2.53. The van der Waals surface area contributed by atoms with Gasteiger partial charge in [0.2, 0.25) is 0 Å². The van der Waals surface area contributed by atoms with Crippen molar-refractivity contribution in [3.05, 3.63) is 59.2 Å². The highest BCUT2D eigenvalue weighted by Gasteiger charge is 2.60. The molecule has 1 amide bonds. The molecule has 1 spiro atoms. The number of carbonyl (C=O) groups excluding carboxylic acids is 1. The molecule has 1 aromatic rings. The minimum Gasteiger partial charge on any atom is -0.388 e. The van der Waals surface area contributed by atoms with Gasteiger partial charge in [0.1, 0.15) is 11.6 Å². The second-order valence-corrected chi connectivity index (χ2v) is 10.4. The second kappa shape index (κ2) is 9.63. The van der Waals surface area contributed by atoms with E-state index < -0.39 is 28.9 Å². The van der Waals surface area contributed by atoms with E-state index in [0.717, 1.165) is 49.5 Å². The molecule has 0 radical (unpaired) electrons. The lowest BCUT2D eigenvalue weighted by Gasteiger charge is -2.43. The second-order valence-electron chi connectivity index (χ2n) is 10.0. The molecule has 0 bridgehead atoms. The summed E-state index contributed by atoms with van der Waals surface area (Å²) in [5.74, 6) is -0.431. The van der Waals surface area contributed by atoms with Crippen LogP contribution in [-0.2, 0) is 11.0 Å². The Kier molecular flexibility index (Phi) is 6.61. The molecule has 8 nitrogen and oxygen atoms in total. The molecular formula is C26H26F3N7OS. The van der Waals surface area contributed by atoms with Crippen molar-refractivity contribution in [2.75, 3.05) is 25.0 Å². The first-order valence-electron chi connectivity index (χ1n) is 12.3. The van der Waals surface area contributed by atoms with Crippen LogP contribution in [0.1, 0.15) is 43.4 Å². The van der Waals surface area contributed by atoms with Crippen LogP contribution in [0.4, 0.5) is 18.9 Å². The summed E-state index contributed by atoms with van der Waals surface area (Å²) >= 11 is 5.64. The Morgan fingerprint density at radius 3 is 2.58 bits per heavy atom. The van der Waals surface area contributed by atoms with E-state index in [0.29, 0.717) is 30.2 Å².